The number of hydrogen-bond acceptors (Lipinski definition) is 3. The third-order valence-corrected chi connectivity index (χ3v) is 4.67. The van der Waals surface area contributed by atoms with Gasteiger partial charge in [0.1, 0.15) is 5.82 Å². The second-order valence-electron chi connectivity index (χ2n) is 6.76. The summed E-state index contributed by atoms with van der Waals surface area (Å²) < 4.78 is 13.1. The highest BCUT2D eigenvalue weighted by Crippen LogP contribution is 2.26. The third kappa shape index (κ3) is 4.47. The Bertz CT molecular complexity index is 1160. The van der Waals surface area contributed by atoms with Crippen LogP contribution in [0.5, 0.6) is 0 Å². The number of carboxylic acids is 1. The molecule has 0 aliphatic heterocycles. The Balaban J connectivity index is 1.44. The lowest BCUT2D eigenvalue weighted by molar-refractivity contribution is 0.0698. The van der Waals surface area contributed by atoms with E-state index in [4.69, 9.17) is 0 Å². The van der Waals surface area contributed by atoms with Crippen LogP contribution in [0.1, 0.15) is 10.4 Å². The van der Waals surface area contributed by atoms with Crippen molar-refractivity contribution in [2.24, 2.45) is 0 Å². The van der Waals surface area contributed by atoms with Crippen molar-refractivity contribution in [1.29, 1.82) is 0 Å². The van der Waals surface area contributed by atoms with E-state index < -0.39 is 5.97 Å². The van der Waals surface area contributed by atoms with Crippen molar-refractivity contribution >= 4 is 28.7 Å². The fourth-order valence-electron chi connectivity index (χ4n) is 3.13. The lowest BCUT2D eigenvalue weighted by atomic mass is 10.1. The molecule has 0 bridgehead atoms. The highest BCUT2D eigenvalue weighted by atomic mass is 19.1. The van der Waals surface area contributed by atoms with E-state index in [1.54, 1.807) is 36.4 Å². The summed E-state index contributed by atoms with van der Waals surface area (Å²) in [5, 5.41) is 15.8. The number of aromatic carboxylic acids is 1. The SMILES string of the molecule is O=C(O)c1ccccc1Nc1ccc(Nc2ccc(-c3ccc(F)cc3)cc2)cc1. The van der Waals surface area contributed by atoms with Gasteiger partial charge < -0.3 is 15.7 Å². The summed E-state index contributed by atoms with van der Waals surface area (Å²) in [5.41, 5.74) is 5.36. The first kappa shape index (κ1) is 19.2. The minimum Gasteiger partial charge on any atom is -0.478 e. The molecule has 0 heterocycles. The minimum absolute atomic E-state index is 0.223. The van der Waals surface area contributed by atoms with E-state index in [0.29, 0.717) is 5.69 Å². The molecule has 0 saturated carbocycles. The van der Waals surface area contributed by atoms with E-state index in [1.165, 1.54) is 12.1 Å². The first-order chi connectivity index (χ1) is 14.6. The van der Waals surface area contributed by atoms with Gasteiger partial charge in [0.2, 0.25) is 0 Å². The smallest absolute Gasteiger partial charge is 0.337 e. The number of anilines is 4. The molecule has 0 amide bonds. The Morgan fingerprint density at radius 1 is 0.633 bits per heavy atom. The quantitative estimate of drug-likeness (QED) is 0.339. The summed E-state index contributed by atoms with van der Waals surface area (Å²) >= 11 is 0. The monoisotopic (exact) mass is 398 g/mol. The summed E-state index contributed by atoms with van der Waals surface area (Å²) in [4.78, 5) is 11.3. The van der Waals surface area contributed by atoms with E-state index >= 15 is 0 Å². The number of carbonyl (C=O) groups is 1. The first-order valence-electron chi connectivity index (χ1n) is 9.41. The molecule has 0 aliphatic carbocycles. The molecule has 0 aliphatic rings. The van der Waals surface area contributed by atoms with Gasteiger partial charge in [-0.15, -0.1) is 0 Å². The zero-order valence-electron chi connectivity index (χ0n) is 16.0. The summed E-state index contributed by atoms with van der Waals surface area (Å²) in [6, 6.07) is 28.7. The molecular weight excluding hydrogens is 379 g/mol. The van der Waals surface area contributed by atoms with Crippen LogP contribution in [0.4, 0.5) is 27.1 Å². The number of rotatable bonds is 6. The number of para-hydroxylation sites is 1. The number of nitrogens with one attached hydrogen (secondary N) is 2. The van der Waals surface area contributed by atoms with Crippen molar-refractivity contribution in [2.45, 2.75) is 0 Å². The Kier molecular flexibility index (Phi) is 5.44. The Labute approximate surface area is 173 Å². The summed E-state index contributed by atoms with van der Waals surface area (Å²) in [7, 11) is 0. The minimum atomic E-state index is -0.972. The van der Waals surface area contributed by atoms with Crippen LogP contribution < -0.4 is 10.6 Å². The second kappa shape index (κ2) is 8.49. The molecule has 0 radical (unpaired) electrons. The van der Waals surface area contributed by atoms with Gasteiger partial charge in [0.15, 0.2) is 0 Å². The van der Waals surface area contributed by atoms with Gasteiger partial charge in [-0.2, -0.15) is 0 Å². The molecule has 30 heavy (non-hydrogen) atoms. The van der Waals surface area contributed by atoms with Crippen molar-refractivity contribution in [3.63, 3.8) is 0 Å². The molecule has 148 valence electrons. The topological polar surface area (TPSA) is 61.4 Å². The average molecular weight is 398 g/mol. The zero-order valence-corrected chi connectivity index (χ0v) is 16.0. The van der Waals surface area contributed by atoms with Crippen LogP contribution in [-0.4, -0.2) is 11.1 Å². The number of carboxylic acid groups (broad SMARTS) is 1. The molecule has 4 rings (SSSR count). The molecule has 0 spiro atoms. The predicted molar refractivity (Wildman–Crippen MR) is 118 cm³/mol. The van der Waals surface area contributed by atoms with Crippen molar-refractivity contribution in [3.05, 3.63) is 108 Å². The van der Waals surface area contributed by atoms with Crippen LogP contribution in [0.3, 0.4) is 0 Å². The van der Waals surface area contributed by atoms with Crippen molar-refractivity contribution < 1.29 is 14.3 Å². The summed E-state index contributed by atoms with van der Waals surface area (Å²) in [6.07, 6.45) is 0. The largest absolute Gasteiger partial charge is 0.478 e. The maximum atomic E-state index is 13.1. The highest BCUT2D eigenvalue weighted by molar-refractivity contribution is 5.95. The lowest BCUT2D eigenvalue weighted by Crippen LogP contribution is -2.02. The van der Waals surface area contributed by atoms with Crippen LogP contribution in [-0.2, 0) is 0 Å². The molecule has 0 aromatic heterocycles. The van der Waals surface area contributed by atoms with E-state index in [1.807, 2.05) is 48.5 Å². The van der Waals surface area contributed by atoms with Gasteiger partial charge in [0.25, 0.3) is 0 Å². The zero-order chi connectivity index (χ0) is 20.9. The Morgan fingerprint density at radius 3 is 1.67 bits per heavy atom. The highest BCUT2D eigenvalue weighted by Gasteiger charge is 2.09. The Morgan fingerprint density at radius 2 is 1.10 bits per heavy atom. The number of halogens is 1. The van der Waals surface area contributed by atoms with E-state index in [9.17, 15) is 14.3 Å². The van der Waals surface area contributed by atoms with Gasteiger partial charge in [-0.25, -0.2) is 9.18 Å². The fourth-order valence-corrected chi connectivity index (χ4v) is 3.13. The standard InChI is InChI=1S/C25H19FN2O2/c26-19-9-5-17(6-10-19)18-7-11-20(12-8-18)27-21-13-15-22(16-14-21)28-24-4-2-1-3-23(24)25(29)30/h1-16,27-28H,(H,29,30). The van der Waals surface area contributed by atoms with Gasteiger partial charge in [0, 0.05) is 17.1 Å². The van der Waals surface area contributed by atoms with E-state index in [2.05, 4.69) is 10.6 Å². The third-order valence-electron chi connectivity index (χ3n) is 4.67. The molecule has 5 heteroatoms. The average Bonchev–Trinajstić information content (AvgIpc) is 2.76. The number of hydrogen-bond donors (Lipinski definition) is 3. The molecule has 3 N–H and O–H groups in total. The molecule has 4 nitrogen and oxygen atoms in total. The second-order valence-corrected chi connectivity index (χ2v) is 6.76. The molecule has 0 saturated heterocycles. The predicted octanol–water partition coefficient (Wildman–Crippen LogP) is 6.68. The van der Waals surface area contributed by atoms with Gasteiger partial charge in [0.05, 0.1) is 11.3 Å². The molecule has 0 fully saturated rings. The van der Waals surface area contributed by atoms with E-state index in [0.717, 1.165) is 28.2 Å². The van der Waals surface area contributed by atoms with Crippen molar-refractivity contribution in [2.75, 3.05) is 10.6 Å². The molecule has 4 aromatic rings. The van der Waals surface area contributed by atoms with Gasteiger partial charge in [-0.1, -0.05) is 36.4 Å². The van der Waals surface area contributed by atoms with Gasteiger partial charge in [-0.3, -0.25) is 0 Å². The molecule has 0 unspecified atom stereocenters. The van der Waals surface area contributed by atoms with Crippen LogP contribution in [0.2, 0.25) is 0 Å². The van der Waals surface area contributed by atoms with Gasteiger partial charge >= 0.3 is 5.97 Å². The van der Waals surface area contributed by atoms with Crippen molar-refractivity contribution in [3.8, 4) is 11.1 Å². The summed E-state index contributed by atoms with van der Waals surface area (Å²) in [5.74, 6) is -1.22. The maximum absolute atomic E-state index is 13.1. The van der Waals surface area contributed by atoms with Crippen LogP contribution in [0.25, 0.3) is 11.1 Å². The first-order valence-corrected chi connectivity index (χ1v) is 9.41. The van der Waals surface area contributed by atoms with Crippen LogP contribution in [0, 0.1) is 5.82 Å². The van der Waals surface area contributed by atoms with Gasteiger partial charge in [-0.05, 0) is 71.8 Å². The van der Waals surface area contributed by atoms with Crippen molar-refractivity contribution in [1.82, 2.24) is 0 Å². The van der Waals surface area contributed by atoms with E-state index in [-0.39, 0.29) is 11.4 Å². The summed E-state index contributed by atoms with van der Waals surface area (Å²) in [6.45, 7) is 0. The normalized spacial score (nSPS) is 10.4. The van der Waals surface area contributed by atoms with Crippen LogP contribution in [0.15, 0.2) is 97.1 Å². The maximum Gasteiger partial charge on any atom is 0.337 e. The molecular formula is C25H19FN2O2. The van der Waals surface area contributed by atoms with Crippen LogP contribution >= 0.6 is 0 Å². The molecule has 0 atom stereocenters. The molecule has 4 aromatic carbocycles. The fraction of sp³-hybridized carbons (Fsp3) is 0. The Hall–Kier alpha value is -4.12. The number of benzene rings is 4. The lowest BCUT2D eigenvalue weighted by Gasteiger charge is -2.11.